The van der Waals surface area contributed by atoms with Gasteiger partial charge in [0.25, 0.3) is 0 Å². The minimum Gasteiger partial charge on any atom is -0.368 e. The molecule has 1 N–H and O–H groups in total. The third-order valence-electron chi connectivity index (χ3n) is 5.00. The summed E-state index contributed by atoms with van der Waals surface area (Å²) in [5, 5.41) is 9.80. The second-order valence-corrected chi connectivity index (χ2v) is 5.58. The summed E-state index contributed by atoms with van der Waals surface area (Å²) in [6.45, 7) is 4.31. The summed E-state index contributed by atoms with van der Waals surface area (Å²) in [5.74, 6) is 3.63. The van der Waals surface area contributed by atoms with E-state index in [-0.39, 0.29) is 6.10 Å². The molecule has 2 heteroatoms. The number of hydrogen-bond donors (Lipinski definition) is 1. The van der Waals surface area contributed by atoms with Crippen LogP contribution in [0.2, 0.25) is 0 Å². The van der Waals surface area contributed by atoms with Crippen LogP contribution in [0.4, 0.5) is 0 Å². The molecule has 80 valence electrons. The van der Waals surface area contributed by atoms with E-state index >= 15 is 0 Å². The van der Waals surface area contributed by atoms with Crippen molar-refractivity contribution in [3.05, 3.63) is 0 Å². The van der Waals surface area contributed by atoms with Gasteiger partial charge in [-0.05, 0) is 49.9 Å². The van der Waals surface area contributed by atoms with Crippen molar-refractivity contribution < 1.29 is 9.84 Å². The van der Waals surface area contributed by atoms with Gasteiger partial charge in [-0.25, -0.2) is 0 Å². The Morgan fingerprint density at radius 1 is 1.07 bits per heavy atom. The Labute approximate surface area is 85.6 Å². The van der Waals surface area contributed by atoms with E-state index < -0.39 is 6.29 Å². The quantitative estimate of drug-likeness (QED) is 0.642. The van der Waals surface area contributed by atoms with Gasteiger partial charge >= 0.3 is 0 Å². The van der Waals surface area contributed by atoms with Gasteiger partial charge in [-0.1, -0.05) is 6.92 Å². The van der Waals surface area contributed by atoms with Crippen LogP contribution in [0.5, 0.6) is 0 Å². The molecule has 0 aromatic carbocycles. The minimum atomic E-state index is -0.509. The lowest BCUT2D eigenvalue weighted by Gasteiger charge is -2.45. The van der Waals surface area contributed by atoms with E-state index in [1.165, 1.54) is 19.3 Å². The first-order chi connectivity index (χ1) is 6.68. The van der Waals surface area contributed by atoms with Crippen LogP contribution in [0.1, 0.15) is 33.1 Å². The van der Waals surface area contributed by atoms with E-state index in [1.807, 2.05) is 0 Å². The molecule has 14 heavy (non-hydrogen) atoms. The van der Waals surface area contributed by atoms with Gasteiger partial charge in [-0.2, -0.15) is 0 Å². The van der Waals surface area contributed by atoms with Crippen LogP contribution in [0, 0.1) is 29.6 Å². The zero-order chi connectivity index (χ0) is 9.87. The summed E-state index contributed by atoms with van der Waals surface area (Å²) in [5.41, 5.74) is 0. The Hall–Kier alpha value is -0.0800. The molecule has 3 fully saturated rings. The lowest BCUT2D eigenvalue weighted by Crippen LogP contribution is -2.47. The smallest absolute Gasteiger partial charge is 0.157 e. The number of rotatable bonds is 0. The van der Waals surface area contributed by atoms with Crippen LogP contribution < -0.4 is 0 Å². The highest BCUT2D eigenvalue weighted by Crippen LogP contribution is 2.58. The number of aliphatic hydroxyl groups excluding tert-OH is 1. The van der Waals surface area contributed by atoms with E-state index in [0.717, 1.165) is 23.7 Å². The van der Waals surface area contributed by atoms with Gasteiger partial charge in [-0.15, -0.1) is 0 Å². The summed E-state index contributed by atoms with van der Waals surface area (Å²) in [6.07, 6.45) is 3.98. The second-order valence-electron chi connectivity index (χ2n) is 5.58. The molecule has 0 amide bonds. The van der Waals surface area contributed by atoms with E-state index in [0.29, 0.717) is 5.92 Å². The molecule has 0 radical (unpaired) electrons. The summed E-state index contributed by atoms with van der Waals surface area (Å²) in [7, 11) is 0. The molecular weight excluding hydrogens is 176 g/mol. The zero-order valence-corrected chi connectivity index (χ0v) is 9.02. The lowest BCUT2D eigenvalue weighted by molar-refractivity contribution is -0.232. The molecule has 7 unspecified atom stereocenters. The molecule has 2 nitrogen and oxygen atoms in total. The number of fused-ring (bicyclic) bond motifs is 5. The number of aliphatic hydroxyl groups is 1. The standard InChI is InChI=1S/C12H20O2/c1-6-10-8-3-4-9(5-8)11(10)7(2)14-12(6)13/h6-13H,3-5H2,1-2H3. The lowest BCUT2D eigenvalue weighted by atomic mass is 9.69. The van der Waals surface area contributed by atoms with E-state index in [4.69, 9.17) is 4.74 Å². The molecule has 1 aliphatic heterocycles. The average Bonchev–Trinajstić information content (AvgIpc) is 2.73. The molecule has 3 rings (SSSR count). The van der Waals surface area contributed by atoms with Crippen LogP contribution in [0.3, 0.4) is 0 Å². The topological polar surface area (TPSA) is 29.5 Å². The van der Waals surface area contributed by atoms with Gasteiger partial charge in [0.15, 0.2) is 6.29 Å². The Balaban J connectivity index is 1.90. The van der Waals surface area contributed by atoms with Gasteiger partial charge in [0.2, 0.25) is 0 Å². The fourth-order valence-corrected chi connectivity index (χ4v) is 4.48. The third kappa shape index (κ3) is 1.04. The van der Waals surface area contributed by atoms with Crippen molar-refractivity contribution in [1.82, 2.24) is 0 Å². The fraction of sp³-hybridized carbons (Fsp3) is 1.00. The van der Waals surface area contributed by atoms with E-state index in [1.54, 1.807) is 0 Å². The van der Waals surface area contributed by atoms with Gasteiger partial charge in [0.05, 0.1) is 6.10 Å². The molecular formula is C12H20O2. The highest BCUT2D eigenvalue weighted by atomic mass is 16.6. The minimum absolute atomic E-state index is 0.279. The number of hydrogen-bond acceptors (Lipinski definition) is 2. The Morgan fingerprint density at radius 3 is 2.43 bits per heavy atom. The molecule has 2 aliphatic carbocycles. The van der Waals surface area contributed by atoms with Gasteiger partial charge < -0.3 is 9.84 Å². The first-order valence-electron chi connectivity index (χ1n) is 6.02. The Morgan fingerprint density at radius 2 is 1.71 bits per heavy atom. The van der Waals surface area contributed by atoms with Crippen LogP contribution >= 0.6 is 0 Å². The van der Waals surface area contributed by atoms with Crippen LogP contribution in [-0.4, -0.2) is 17.5 Å². The highest BCUT2D eigenvalue weighted by Gasteiger charge is 2.55. The molecule has 2 saturated carbocycles. The molecule has 2 bridgehead atoms. The maximum atomic E-state index is 9.80. The van der Waals surface area contributed by atoms with Crippen LogP contribution in [0.25, 0.3) is 0 Å². The molecule has 3 aliphatic rings. The van der Waals surface area contributed by atoms with E-state index in [2.05, 4.69) is 13.8 Å². The van der Waals surface area contributed by atoms with E-state index in [9.17, 15) is 5.11 Å². The van der Waals surface area contributed by atoms with Gasteiger partial charge in [0, 0.05) is 5.92 Å². The predicted molar refractivity (Wildman–Crippen MR) is 53.5 cm³/mol. The monoisotopic (exact) mass is 196 g/mol. The normalized spacial score (nSPS) is 61.5. The fourth-order valence-electron chi connectivity index (χ4n) is 4.48. The average molecular weight is 196 g/mol. The third-order valence-corrected chi connectivity index (χ3v) is 5.00. The second kappa shape index (κ2) is 2.96. The molecule has 7 atom stereocenters. The Bertz CT molecular complexity index is 240. The molecule has 0 aromatic rings. The van der Waals surface area contributed by atoms with Crippen molar-refractivity contribution >= 4 is 0 Å². The Kier molecular flexibility index (Phi) is 1.94. The molecule has 1 saturated heterocycles. The van der Waals surface area contributed by atoms with Crippen LogP contribution in [0.15, 0.2) is 0 Å². The van der Waals surface area contributed by atoms with Crippen molar-refractivity contribution in [2.45, 2.75) is 45.5 Å². The number of ether oxygens (including phenoxy) is 1. The molecule has 0 aromatic heterocycles. The summed E-state index contributed by atoms with van der Waals surface area (Å²) < 4.78 is 5.62. The zero-order valence-electron chi connectivity index (χ0n) is 9.02. The summed E-state index contributed by atoms with van der Waals surface area (Å²) in [6, 6.07) is 0. The summed E-state index contributed by atoms with van der Waals surface area (Å²) in [4.78, 5) is 0. The van der Waals surface area contributed by atoms with Crippen molar-refractivity contribution in [2.75, 3.05) is 0 Å². The largest absolute Gasteiger partial charge is 0.368 e. The molecule has 0 spiro atoms. The van der Waals surface area contributed by atoms with Crippen molar-refractivity contribution in [3.8, 4) is 0 Å². The highest BCUT2D eigenvalue weighted by molar-refractivity contribution is 5.02. The van der Waals surface area contributed by atoms with Gasteiger partial charge in [-0.3, -0.25) is 0 Å². The predicted octanol–water partition coefficient (Wildman–Crippen LogP) is 2.02. The maximum Gasteiger partial charge on any atom is 0.157 e. The van der Waals surface area contributed by atoms with Gasteiger partial charge in [0.1, 0.15) is 0 Å². The first kappa shape index (κ1) is 9.17. The van der Waals surface area contributed by atoms with Crippen molar-refractivity contribution in [2.24, 2.45) is 29.6 Å². The van der Waals surface area contributed by atoms with Crippen molar-refractivity contribution in [3.63, 3.8) is 0 Å². The SMILES string of the molecule is CC1OC(O)C(C)C2C3CCC(C3)C12. The maximum absolute atomic E-state index is 9.80. The van der Waals surface area contributed by atoms with Crippen LogP contribution in [-0.2, 0) is 4.74 Å². The molecule has 1 heterocycles. The first-order valence-corrected chi connectivity index (χ1v) is 6.02. The van der Waals surface area contributed by atoms with Crippen molar-refractivity contribution in [1.29, 1.82) is 0 Å². The summed E-state index contributed by atoms with van der Waals surface area (Å²) >= 11 is 0.